The highest BCUT2D eigenvalue weighted by Gasteiger charge is 2.14. The molecule has 0 aliphatic heterocycles. The molecular formula is C13H9NO3S2. The lowest BCUT2D eigenvalue weighted by Gasteiger charge is -1.96. The van der Waals surface area contributed by atoms with Crippen molar-refractivity contribution in [2.45, 2.75) is 10.1 Å². The van der Waals surface area contributed by atoms with E-state index in [2.05, 4.69) is 4.98 Å². The van der Waals surface area contributed by atoms with Gasteiger partial charge >= 0.3 is 5.97 Å². The maximum absolute atomic E-state index is 10.9. The summed E-state index contributed by atoms with van der Waals surface area (Å²) in [5.74, 6) is -0.490. The van der Waals surface area contributed by atoms with E-state index >= 15 is 0 Å². The second-order valence-electron chi connectivity index (χ2n) is 3.82. The maximum atomic E-state index is 10.9. The summed E-state index contributed by atoms with van der Waals surface area (Å²) in [5.41, 5.74) is 1.65. The van der Waals surface area contributed by atoms with E-state index in [1.165, 1.54) is 18.0 Å². The van der Waals surface area contributed by atoms with Gasteiger partial charge in [-0.1, -0.05) is 23.9 Å². The van der Waals surface area contributed by atoms with Gasteiger partial charge in [0.15, 0.2) is 4.34 Å². The van der Waals surface area contributed by atoms with Gasteiger partial charge in [0, 0.05) is 11.3 Å². The molecule has 0 aliphatic rings. The lowest BCUT2D eigenvalue weighted by molar-refractivity contribution is 0.0661. The first-order valence-electron chi connectivity index (χ1n) is 5.52. The number of aromatic carboxylic acids is 1. The first kappa shape index (κ1) is 12.3. The van der Waals surface area contributed by atoms with Gasteiger partial charge in [0.2, 0.25) is 5.76 Å². The number of thiazole rings is 1. The highest BCUT2D eigenvalue weighted by atomic mass is 32.2. The van der Waals surface area contributed by atoms with Gasteiger partial charge in [-0.3, -0.25) is 0 Å². The van der Waals surface area contributed by atoms with Crippen LogP contribution in [0.3, 0.4) is 0 Å². The number of rotatable bonds is 4. The van der Waals surface area contributed by atoms with E-state index in [1.807, 2.05) is 24.3 Å². The van der Waals surface area contributed by atoms with Gasteiger partial charge in [-0.25, -0.2) is 9.78 Å². The fourth-order valence-corrected chi connectivity index (χ4v) is 3.74. The molecule has 1 aromatic carbocycles. The SMILES string of the molecule is O=C(O)c1occc1CSc1nc2ccccc2s1. The van der Waals surface area contributed by atoms with Gasteiger partial charge in [0.05, 0.1) is 16.5 Å². The van der Waals surface area contributed by atoms with Crippen LogP contribution in [0, 0.1) is 0 Å². The van der Waals surface area contributed by atoms with Gasteiger partial charge in [-0.05, 0) is 18.2 Å². The van der Waals surface area contributed by atoms with Crippen LogP contribution in [0.1, 0.15) is 16.1 Å². The van der Waals surface area contributed by atoms with Crippen molar-refractivity contribution in [3.63, 3.8) is 0 Å². The predicted octanol–water partition coefficient (Wildman–Crippen LogP) is 3.88. The molecule has 0 bridgehead atoms. The maximum Gasteiger partial charge on any atom is 0.372 e. The Morgan fingerprint density at radius 3 is 3.00 bits per heavy atom. The second kappa shape index (κ2) is 5.07. The smallest absolute Gasteiger partial charge is 0.372 e. The Hall–Kier alpha value is -1.79. The molecule has 19 heavy (non-hydrogen) atoms. The minimum absolute atomic E-state index is 0.00797. The van der Waals surface area contributed by atoms with Crippen LogP contribution in [-0.2, 0) is 5.75 Å². The topological polar surface area (TPSA) is 63.3 Å². The number of fused-ring (bicyclic) bond motifs is 1. The zero-order valence-electron chi connectivity index (χ0n) is 9.70. The lowest BCUT2D eigenvalue weighted by Crippen LogP contribution is -1.97. The molecule has 0 unspecified atom stereocenters. The zero-order chi connectivity index (χ0) is 13.2. The van der Waals surface area contributed by atoms with Gasteiger partial charge in [0.1, 0.15) is 0 Å². The minimum Gasteiger partial charge on any atom is -0.475 e. The van der Waals surface area contributed by atoms with Crippen molar-refractivity contribution in [1.29, 1.82) is 0 Å². The van der Waals surface area contributed by atoms with Gasteiger partial charge in [-0.15, -0.1) is 11.3 Å². The van der Waals surface area contributed by atoms with E-state index in [9.17, 15) is 4.79 Å². The molecule has 0 amide bonds. The molecule has 96 valence electrons. The number of para-hydroxylation sites is 1. The third-order valence-electron chi connectivity index (χ3n) is 2.57. The van der Waals surface area contributed by atoms with Crippen LogP contribution in [0.5, 0.6) is 0 Å². The Balaban J connectivity index is 1.78. The number of nitrogens with zero attached hydrogens (tertiary/aromatic N) is 1. The Morgan fingerprint density at radius 1 is 1.37 bits per heavy atom. The number of thioether (sulfide) groups is 1. The van der Waals surface area contributed by atoms with Crippen LogP contribution >= 0.6 is 23.1 Å². The molecule has 1 N–H and O–H groups in total. The average molecular weight is 291 g/mol. The number of carbonyl (C=O) groups is 1. The molecule has 6 heteroatoms. The summed E-state index contributed by atoms with van der Waals surface area (Å²) in [4.78, 5) is 15.4. The molecular weight excluding hydrogens is 282 g/mol. The van der Waals surface area contributed by atoms with Gasteiger partial charge in [0.25, 0.3) is 0 Å². The zero-order valence-corrected chi connectivity index (χ0v) is 11.3. The number of hydrogen-bond acceptors (Lipinski definition) is 5. The molecule has 2 heterocycles. The highest BCUT2D eigenvalue weighted by Crippen LogP contribution is 2.32. The van der Waals surface area contributed by atoms with Crippen LogP contribution in [0.2, 0.25) is 0 Å². The van der Waals surface area contributed by atoms with Crippen LogP contribution in [0.25, 0.3) is 10.2 Å². The first-order chi connectivity index (χ1) is 9.24. The number of benzene rings is 1. The Bertz CT molecular complexity index is 699. The standard InChI is InChI=1S/C13H9NO3S2/c15-12(16)11-8(5-6-17-11)7-18-13-14-9-3-1-2-4-10(9)19-13/h1-6H,7H2,(H,15,16). The first-order valence-corrected chi connectivity index (χ1v) is 7.32. The fourth-order valence-electron chi connectivity index (χ4n) is 1.69. The Kier molecular flexibility index (Phi) is 3.27. The van der Waals surface area contributed by atoms with Gasteiger partial charge < -0.3 is 9.52 Å². The van der Waals surface area contributed by atoms with Crippen molar-refractivity contribution < 1.29 is 14.3 Å². The number of hydrogen-bond donors (Lipinski definition) is 1. The summed E-state index contributed by atoms with van der Waals surface area (Å²) in [6, 6.07) is 9.61. The van der Waals surface area contributed by atoms with Crippen molar-refractivity contribution in [3.05, 3.63) is 47.9 Å². The summed E-state index contributed by atoms with van der Waals surface area (Å²) in [7, 11) is 0. The lowest BCUT2D eigenvalue weighted by atomic mass is 10.3. The number of carboxylic acids is 1. The van der Waals surface area contributed by atoms with Crippen molar-refractivity contribution >= 4 is 39.3 Å². The number of furan rings is 1. The van der Waals surface area contributed by atoms with Gasteiger partial charge in [-0.2, -0.15) is 0 Å². The van der Waals surface area contributed by atoms with E-state index < -0.39 is 5.97 Å². The van der Waals surface area contributed by atoms with E-state index in [0.717, 1.165) is 14.6 Å². The summed E-state index contributed by atoms with van der Waals surface area (Å²) in [6.45, 7) is 0. The number of carboxylic acid groups (broad SMARTS) is 1. The molecule has 4 nitrogen and oxygen atoms in total. The third-order valence-corrected chi connectivity index (χ3v) is 4.79. The molecule has 0 spiro atoms. The summed E-state index contributed by atoms with van der Waals surface area (Å²) < 4.78 is 7.01. The molecule has 0 atom stereocenters. The van der Waals surface area contributed by atoms with E-state index in [4.69, 9.17) is 9.52 Å². The molecule has 0 radical (unpaired) electrons. The van der Waals surface area contributed by atoms with Crippen molar-refractivity contribution in [2.24, 2.45) is 0 Å². The molecule has 0 saturated heterocycles. The quantitative estimate of drug-likeness (QED) is 0.739. The number of aromatic nitrogens is 1. The summed E-state index contributed by atoms with van der Waals surface area (Å²) in [5, 5.41) is 8.95. The molecule has 0 aliphatic carbocycles. The molecule has 0 fully saturated rings. The minimum atomic E-state index is -1.04. The van der Waals surface area contributed by atoms with Crippen molar-refractivity contribution in [3.8, 4) is 0 Å². The van der Waals surface area contributed by atoms with E-state index in [-0.39, 0.29) is 5.76 Å². The van der Waals surface area contributed by atoms with Crippen LogP contribution in [-0.4, -0.2) is 16.1 Å². The second-order valence-corrected chi connectivity index (χ2v) is 6.07. The summed E-state index contributed by atoms with van der Waals surface area (Å²) in [6.07, 6.45) is 1.40. The van der Waals surface area contributed by atoms with Crippen LogP contribution in [0.15, 0.2) is 45.4 Å². The molecule has 0 saturated carbocycles. The molecule has 3 aromatic rings. The monoisotopic (exact) mass is 291 g/mol. The van der Waals surface area contributed by atoms with Crippen LogP contribution < -0.4 is 0 Å². The van der Waals surface area contributed by atoms with E-state index in [0.29, 0.717) is 11.3 Å². The predicted molar refractivity (Wildman–Crippen MR) is 74.8 cm³/mol. The Labute approximate surface area is 117 Å². The summed E-state index contributed by atoms with van der Waals surface area (Å²) >= 11 is 3.13. The Morgan fingerprint density at radius 2 is 2.21 bits per heavy atom. The average Bonchev–Trinajstić information content (AvgIpc) is 3.02. The normalized spacial score (nSPS) is 10.9. The molecule has 2 aromatic heterocycles. The highest BCUT2D eigenvalue weighted by molar-refractivity contribution is 8.00. The van der Waals surface area contributed by atoms with E-state index in [1.54, 1.807) is 17.4 Å². The van der Waals surface area contributed by atoms with Crippen molar-refractivity contribution in [1.82, 2.24) is 4.98 Å². The fraction of sp³-hybridized carbons (Fsp3) is 0.0769. The largest absolute Gasteiger partial charge is 0.475 e. The third kappa shape index (κ3) is 2.50. The van der Waals surface area contributed by atoms with Crippen molar-refractivity contribution in [2.75, 3.05) is 0 Å². The molecule has 3 rings (SSSR count). The van der Waals surface area contributed by atoms with Crippen LogP contribution in [0.4, 0.5) is 0 Å².